The van der Waals surface area contributed by atoms with Crippen molar-refractivity contribution in [1.29, 1.82) is 0 Å². The van der Waals surface area contributed by atoms with E-state index in [9.17, 15) is 0 Å². The fourth-order valence-corrected chi connectivity index (χ4v) is 2.52. The molecule has 2 rings (SSSR count). The Morgan fingerprint density at radius 3 is 2.32 bits per heavy atom. The number of nitrogens with one attached hydrogen (secondary N) is 1. The summed E-state index contributed by atoms with van der Waals surface area (Å²) in [5, 5.41) is 3.44. The highest BCUT2D eigenvalue weighted by Gasteiger charge is 2.07. The first-order valence-electron chi connectivity index (χ1n) is 5.91. The SMILES string of the molecule is Cc1cccc(C)c1Nc1ccc(C(N)=S)cc1Br. The van der Waals surface area contributed by atoms with E-state index in [1.807, 2.05) is 18.2 Å². The minimum absolute atomic E-state index is 0.402. The van der Waals surface area contributed by atoms with Crippen molar-refractivity contribution in [1.82, 2.24) is 0 Å². The first-order chi connectivity index (χ1) is 8.99. The van der Waals surface area contributed by atoms with E-state index >= 15 is 0 Å². The normalized spacial score (nSPS) is 10.3. The van der Waals surface area contributed by atoms with Crippen LogP contribution in [-0.2, 0) is 0 Å². The lowest BCUT2D eigenvalue weighted by Gasteiger charge is -2.14. The van der Waals surface area contributed by atoms with Crippen LogP contribution in [0.1, 0.15) is 16.7 Å². The van der Waals surface area contributed by atoms with Gasteiger partial charge in [-0.15, -0.1) is 0 Å². The van der Waals surface area contributed by atoms with Gasteiger partial charge in [-0.1, -0.05) is 30.4 Å². The third-order valence-electron chi connectivity index (χ3n) is 2.99. The number of para-hydroxylation sites is 1. The lowest BCUT2D eigenvalue weighted by Crippen LogP contribution is -2.09. The highest BCUT2D eigenvalue weighted by molar-refractivity contribution is 9.10. The van der Waals surface area contributed by atoms with Crippen LogP contribution in [-0.4, -0.2) is 4.99 Å². The Labute approximate surface area is 127 Å². The van der Waals surface area contributed by atoms with E-state index in [4.69, 9.17) is 18.0 Å². The van der Waals surface area contributed by atoms with E-state index in [1.54, 1.807) is 0 Å². The Bertz CT molecular complexity index is 618. The lowest BCUT2D eigenvalue weighted by atomic mass is 10.1. The zero-order valence-electron chi connectivity index (χ0n) is 10.8. The molecular weight excluding hydrogens is 320 g/mol. The van der Waals surface area contributed by atoms with Crippen molar-refractivity contribution in [3.8, 4) is 0 Å². The number of anilines is 2. The van der Waals surface area contributed by atoms with Gasteiger partial charge in [-0.2, -0.15) is 0 Å². The molecule has 3 N–H and O–H groups in total. The van der Waals surface area contributed by atoms with Crippen molar-refractivity contribution >= 4 is 44.5 Å². The number of rotatable bonds is 3. The molecule has 0 atom stereocenters. The molecule has 2 aromatic rings. The van der Waals surface area contributed by atoms with Gasteiger partial charge in [0.05, 0.1) is 5.69 Å². The molecule has 0 bridgehead atoms. The van der Waals surface area contributed by atoms with E-state index in [1.165, 1.54) is 11.1 Å². The first kappa shape index (κ1) is 14.0. The van der Waals surface area contributed by atoms with Crippen molar-refractivity contribution in [2.24, 2.45) is 5.73 Å². The predicted octanol–water partition coefficient (Wildman–Crippen LogP) is 4.44. The lowest BCUT2D eigenvalue weighted by molar-refractivity contribution is 1.35. The molecule has 0 saturated heterocycles. The molecule has 19 heavy (non-hydrogen) atoms. The minimum atomic E-state index is 0.402. The van der Waals surface area contributed by atoms with Crippen LogP contribution in [0.3, 0.4) is 0 Å². The molecule has 0 aliphatic carbocycles. The Morgan fingerprint density at radius 1 is 1.16 bits per heavy atom. The van der Waals surface area contributed by atoms with Crippen LogP contribution in [0.5, 0.6) is 0 Å². The molecule has 0 radical (unpaired) electrons. The molecule has 2 nitrogen and oxygen atoms in total. The second kappa shape index (κ2) is 5.72. The van der Waals surface area contributed by atoms with Gasteiger partial charge in [-0.3, -0.25) is 0 Å². The van der Waals surface area contributed by atoms with Crippen LogP contribution in [0.25, 0.3) is 0 Å². The largest absolute Gasteiger partial charge is 0.389 e. The fraction of sp³-hybridized carbons (Fsp3) is 0.133. The van der Waals surface area contributed by atoms with Crippen LogP contribution < -0.4 is 11.1 Å². The van der Waals surface area contributed by atoms with Gasteiger partial charge in [0.1, 0.15) is 4.99 Å². The van der Waals surface area contributed by atoms with Gasteiger partial charge in [0, 0.05) is 15.7 Å². The molecule has 0 aromatic heterocycles. The number of hydrogen-bond donors (Lipinski definition) is 2. The number of hydrogen-bond acceptors (Lipinski definition) is 2. The molecular formula is C15H15BrN2S. The predicted molar refractivity (Wildman–Crippen MR) is 89.2 cm³/mol. The van der Waals surface area contributed by atoms with Crippen molar-refractivity contribution in [3.63, 3.8) is 0 Å². The molecule has 0 amide bonds. The molecule has 4 heteroatoms. The number of nitrogens with two attached hydrogens (primary N) is 1. The number of halogens is 1. The van der Waals surface area contributed by atoms with Gasteiger partial charge in [-0.25, -0.2) is 0 Å². The average Bonchev–Trinajstić information content (AvgIpc) is 2.35. The third kappa shape index (κ3) is 3.14. The monoisotopic (exact) mass is 334 g/mol. The van der Waals surface area contributed by atoms with Crippen LogP contribution in [0.4, 0.5) is 11.4 Å². The Hall–Kier alpha value is -1.39. The highest BCUT2D eigenvalue weighted by atomic mass is 79.9. The summed E-state index contributed by atoms with van der Waals surface area (Å²) < 4.78 is 0.945. The van der Waals surface area contributed by atoms with E-state index in [0.29, 0.717) is 4.99 Å². The van der Waals surface area contributed by atoms with E-state index in [2.05, 4.69) is 53.3 Å². The summed E-state index contributed by atoms with van der Waals surface area (Å²) in [4.78, 5) is 0.402. The molecule has 0 fully saturated rings. The Morgan fingerprint density at radius 2 is 1.79 bits per heavy atom. The van der Waals surface area contributed by atoms with Gasteiger partial charge >= 0.3 is 0 Å². The molecule has 0 saturated carbocycles. The summed E-state index contributed by atoms with van der Waals surface area (Å²) in [5.41, 5.74) is 11.0. The summed E-state index contributed by atoms with van der Waals surface area (Å²) in [6.45, 7) is 4.18. The van der Waals surface area contributed by atoms with Gasteiger partial charge < -0.3 is 11.1 Å². The maximum atomic E-state index is 5.62. The fourth-order valence-electron chi connectivity index (χ4n) is 1.92. The van der Waals surface area contributed by atoms with Gasteiger partial charge in [0.25, 0.3) is 0 Å². The standard InChI is InChI=1S/C15H15BrN2S/c1-9-4-3-5-10(2)14(9)18-13-7-6-11(15(17)19)8-12(13)16/h3-8,18H,1-2H3,(H2,17,19). The highest BCUT2D eigenvalue weighted by Crippen LogP contribution is 2.30. The quantitative estimate of drug-likeness (QED) is 0.814. The van der Waals surface area contributed by atoms with Crippen molar-refractivity contribution in [2.75, 3.05) is 5.32 Å². The van der Waals surface area contributed by atoms with Crippen molar-refractivity contribution < 1.29 is 0 Å². The van der Waals surface area contributed by atoms with E-state index in [0.717, 1.165) is 21.4 Å². The molecule has 98 valence electrons. The van der Waals surface area contributed by atoms with E-state index in [-0.39, 0.29) is 0 Å². The van der Waals surface area contributed by atoms with Gasteiger partial charge in [0.15, 0.2) is 0 Å². The second-order valence-corrected chi connectivity index (χ2v) is 5.74. The molecule has 0 aliphatic heterocycles. The number of thiocarbonyl (C=S) groups is 1. The summed E-state index contributed by atoms with van der Waals surface area (Å²) in [7, 11) is 0. The van der Waals surface area contributed by atoms with E-state index < -0.39 is 0 Å². The first-order valence-corrected chi connectivity index (χ1v) is 7.12. The van der Waals surface area contributed by atoms with Gasteiger partial charge in [-0.05, 0) is 59.1 Å². The summed E-state index contributed by atoms with van der Waals surface area (Å²) in [5.74, 6) is 0. The molecule has 0 unspecified atom stereocenters. The molecule has 0 aliphatic rings. The van der Waals surface area contributed by atoms with Crippen molar-refractivity contribution in [2.45, 2.75) is 13.8 Å². The maximum absolute atomic E-state index is 5.62. The second-order valence-electron chi connectivity index (χ2n) is 4.45. The van der Waals surface area contributed by atoms with Crippen LogP contribution in [0, 0.1) is 13.8 Å². The zero-order chi connectivity index (χ0) is 14.0. The molecule has 0 spiro atoms. The average molecular weight is 335 g/mol. The topological polar surface area (TPSA) is 38.0 Å². The molecule has 0 heterocycles. The zero-order valence-corrected chi connectivity index (χ0v) is 13.2. The van der Waals surface area contributed by atoms with Crippen molar-refractivity contribution in [3.05, 3.63) is 57.6 Å². The van der Waals surface area contributed by atoms with Crippen LogP contribution >= 0.6 is 28.1 Å². The minimum Gasteiger partial charge on any atom is -0.389 e. The third-order valence-corrected chi connectivity index (χ3v) is 3.89. The Balaban J connectivity index is 2.36. The summed E-state index contributed by atoms with van der Waals surface area (Å²) >= 11 is 8.52. The van der Waals surface area contributed by atoms with Crippen LogP contribution in [0.2, 0.25) is 0 Å². The summed E-state index contributed by atoms with van der Waals surface area (Å²) in [6.07, 6.45) is 0. The van der Waals surface area contributed by atoms with Gasteiger partial charge in [0.2, 0.25) is 0 Å². The number of benzene rings is 2. The maximum Gasteiger partial charge on any atom is 0.104 e. The summed E-state index contributed by atoms with van der Waals surface area (Å²) in [6, 6.07) is 12.1. The smallest absolute Gasteiger partial charge is 0.104 e. The Kier molecular flexibility index (Phi) is 4.22. The number of aryl methyl sites for hydroxylation is 2. The van der Waals surface area contributed by atoms with Crippen LogP contribution in [0.15, 0.2) is 40.9 Å². The molecule has 2 aromatic carbocycles.